The van der Waals surface area contributed by atoms with Gasteiger partial charge in [0.2, 0.25) is 5.91 Å². The van der Waals surface area contributed by atoms with Crippen LogP contribution in [0.3, 0.4) is 0 Å². The zero-order valence-electron chi connectivity index (χ0n) is 10.0. The van der Waals surface area contributed by atoms with Gasteiger partial charge >= 0.3 is 0 Å². The van der Waals surface area contributed by atoms with Crippen molar-refractivity contribution in [3.05, 3.63) is 30.3 Å². The van der Waals surface area contributed by atoms with Crippen molar-refractivity contribution in [2.75, 3.05) is 31.1 Å². The van der Waals surface area contributed by atoms with E-state index < -0.39 is 12.4 Å². The van der Waals surface area contributed by atoms with Crippen LogP contribution in [0.2, 0.25) is 0 Å². The van der Waals surface area contributed by atoms with Crippen LogP contribution >= 0.6 is 0 Å². The number of carbonyl (C=O) groups excluding carboxylic acids is 2. The molecule has 2 rings (SSSR count). The molecule has 0 radical (unpaired) electrons. The molecular formula is C13H15N2O3-. The first-order valence-corrected chi connectivity index (χ1v) is 5.94. The van der Waals surface area contributed by atoms with Crippen LogP contribution < -0.4 is 10.0 Å². The fourth-order valence-electron chi connectivity index (χ4n) is 2.09. The molecule has 1 heterocycles. The first-order chi connectivity index (χ1) is 8.66. The van der Waals surface area contributed by atoms with Gasteiger partial charge in [-0.2, -0.15) is 0 Å². The highest BCUT2D eigenvalue weighted by atomic mass is 16.4. The van der Waals surface area contributed by atoms with Crippen molar-refractivity contribution in [1.82, 2.24) is 4.90 Å². The molecule has 1 fully saturated rings. The van der Waals surface area contributed by atoms with E-state index in [2.05, 4.69) is 4.90 Å². The molecule has 0 spiro atoms. The maximum Gasteiger partial charge on any atom is 0.228 e. The summed E-state index contributed by atoms with van der Waals surface area (Å²) in [6, 6.07) is 9.96. The van der Waals surface area contributed by atoms with E-state index in [9.17, 15) is 14.7 Å². The number of piperazine rings is 1. The molecule has 0 N–H and O–H groups in total. The van der Waals surface area contributed by atoms with Crippen molar-refractivity contribution < 1.29 is 14.7 Å². The molecular weight excluding hydrogens is 232 g/mol. The summed E-state index contributed by atoms with van der Waals surface area (Å²) in [5.74, 6) is -1.67. The first kappa shape index (κ1) is 12.4. The molecule has 18 heavy (non-hydrogen) atoms. The standard InChI is InChI=1S/C13H16N2O3/c16-12(10-13(17)18)15-8-6-14(7-9-15)11-4-2-1-3-5-11/h1-5H,6-10H2,(H,17,18)/p-1. The Morgan fingerprint density at radius 3 is 2.22 bits per heavy atom. The molecule has 0 aliphatic carbocycles. The molecule has 0 atom stereocenters. The molecule has 1 aromatic carbocycles. The summed E-state index contributed by atoms with van der Waals surface area (Å²) in [4.78, 5) is 25.7. The summed E-state index contributed by atoms with van der Waals surface area (Å²) >= 11 is 0. The Morgan fingerprint density at radius 2 is 1.67 bits per heavy atom. The Morgan fingerprint density at radius 1 is 1.06 bits per heavy atom. The smallest absolute Gasteiger partial charge is 0.228 e. The van der Waals surface area contributed by atoms with E-state index in [0.29, 0.717) is 13.1 Å². The number of nitrogens with zero attached hydrogens (tertiary/aromatic N) is 2. The van der Waals surface area contributed by atoms with Crippen molar-refractivity contribution in [2.24, 2.45) is 0 Å². The Bertz CT molecular complexity index is 425. The van der Waals surface area contributed by atoms with Crippen molar-refractivity contribution in [2.45, 2.75) is 6.42 Å². The normalized spacial score (nSPS) is 15.6. The van der Waals surface area contributed by atoms with Crippen LogP contribution in [0.5, 0.6) is 0 Å². The predicted octanol–water partition coefficient (Wildman–Crippen LogP) is -0.525. The molecule has 5 nitrogen and oxygen atoms in total. The summed E-state index contributed by atoms with van der Waals surface area (Å²) in [6.45, 7) is 2.56. The van der Waals surface area contributed by atoms with Gasteiger partial charge in [0.25, 0.3) is 0 Å². The molecule has 0 saturated carbocycles. The van der Waals surface area contributed by atoms with Crippen LogP contribution in [0.4, 0.5) is 5.69 Å². The van der Waals surface area contributed by atoms with Gasteiger partial charge in [0.05, 0.1) is 12.4 Å². The fourth-order valence-corrected chi connectivity index (χ4v) is 2.09. The monoisotopic (exact) mass is 247 g/mol. The molecule has 1 aliphatic heterocycles. The number of benzene rings is 1. The Kier molecular flexibility index (Phi) is 3.82. The summed E-state index contributed by atoms with van der Waals surface area (Å²) in [6.07, 6.45) is -0.522. The molecule has 96 valence electrons. The van der Waals surface area contributed by atoms with Crippen LogP contribution in [0, 0.1) is 0 Å². The molecule has 0 unspecified atom stereocenters. The van der Waals surface area contributed by atoms with Gasteiger partial charge < -0.3 is 19.7 Å². The van der Waals surface area contributed by atoms with Gasteiger partial charge in [0.1, 0.15) is 0 Å². The van der Waals surface area contributed by atoms with Crippen molar-refractivity contribution in [3.8, 4) is 0 Å². The lowest BCUT2D eigenvalue weighted by Crippen LogP contribution is -2.49. The van der Waals surface area contributed by atoms with Crippen LogP contribution in [0.1, 0.15) is 6.42 Å². The second-order valence-corrected chi connectivity index (χ2v) is 4.25. The molecule has 5 heteroatoms. The number of hydrogen-bond acceptors (Lipinski definition) is 4. The largest absolute Gasteiger partial charge is 0.550 e. The summed E-state index contributed by atoms with van der Waals surface area (Å²) < 4.78 is 0. The topological polar surface area (TPSA) is 63.7 Å². The summed E-state index contributed by atoms with van der Waals surface area (Å²) in [7, 11) is 0. The van der Waals surface area contributed by atoms with Crippen LogP contribution in [-0.4, -0.2) is 43.0 Å². The van der Waals surface area contributed by atoms with Crippen molar-refractivity contribution >= 4 is 17.6 Å². The second-order valence-electron chi connectivity index (χ2n) is 4.25. The maximum atomic E-state index is 11.5. The van der Waals surface area contributed by atoms with Gasteiger partial charge in [-0.05, 0) is 12.1 Å². The number of para-hydroxylation sites is 1. The summed E-state index contributed by atoms with van der Waals surface area (Å²) in [5, 5.41) is 10.4. The average molecular weight is 247 g/mol. The van der Waals surface area contributed by atoms with Crippen LogP contribution in [0.15, 0.2) is 30.3 Å². The first-order valence-electron chi connectivity index (χ1n) is 5.94. The van der Waals surface area contributed by atoms with E-state index in [4.69, 9.17) is 0 Å². The van der Waals surface area contributed by atoms with Gasteiger partial charge in [0, 0.05) is 31.9 Å². The lowest BCUT2D eigenvalue weighted by atomic mass is 10.2. The number of rotatable bonds is 3. The van der Waals surface area contributed by atoms with Gasteiger partial charge in [-0.1, -0.05) is 18.2 Å². The molecule has 1 saturated heterocycles. The van der Waals surface area contributed by atoms with Crippen molar-refractivity contribution in [3.63, 3.8) is 0 Å². The van der Waals surface area contributed by atoms with Gasteiger partial charge in [-0.25, -0.2) is 0 Å². The van der Waals surface area contributed by atoms with E-state index in [1.165, 1.54) is 0 Å². The third kappa shape index (κ3) is 3.00. The quantitative estimate of drug-likeness (QED) is 0.674. The number of carboxylic acids is 1. The Labute approximate surface area is 106 Å². The minimum atomic E-state index is -1.31. The number of amides is 1. The fraction of sp³-hybridized carbons (Fsp3) is 0.385. The number of carboxylic acid groups (broad SMARTS) is 1. The molecule has 0 bridgehead atoms. The Balaban J connectivity index is 1.88. The predicted molar refractivity (Wildman–Crippen MR) is 64.9 cm³/mol. The lowest BCUT2D eigenvalue weighted by molar-refractivity contribution is -0.304. The highest BCUT2D eigenvalue weighted by Crippen LogP contribution is 2.15. The zero-order valence-corrected chi connectivity index (χ0v) is 10.0. The van der Waals surface area contributed by atoms with Crippen LogP contribution in [-0.2, 0) is 9.59 Å². The number of anilines is 1. The maximum absolute atomic E-state index is 11.5. The highest BCUT2D eigenvalue weighted by molar-refractivity contribution is 5.92. The molecule has 1 amide bonds. The van der Waals surface area contributed by atoms with Crippen LogP contribution in [0.25, 0.3) is 0 Å². The third-order valence-corrected chi connectivity index (χ3v) is 3.05. The number of carbonyl (C=O) groups is 2. The van der Waals surface area contributed by atoms with E-state index in [1.54, 1.807) is 4.90 Å². The van der Waals surface area contributed by atoms with Gasteiger partial charge in [-0.3, -0.25) is 4.79 Å². The minimum Gasteiger partial charge on any atom is -0.550 e. The average Bonchev–Trinajstić information content (AvgIpc) is 2.39. The van der Waals surface area contributed by atoms with E-state index in [1.807, 2.05) is 30.3 Å². The van der Waals surface area contributed by atoms with Gasteiger partial charge in [-0.15, -0.1) is 0 Å². The van der Waals surface area contributed by atoms with E-state index >= 15 is 0 Å². The highest BCUT2D eigenvalue weighted by Gasteiger charge is 2.20. The minimum absolute atomic E-state index is 0.359. The SMILES string of the molecule is O=C([O-])CC(=O)N1CCN(c2ccccc2)CC1. The van der Waals surface area contributed by atoms with E-state index in [0.717, 1.165) is 18.8 Å². The lowest BCUT2D eigenvalue weighted by Gasteiger charge is -2.36. The van der Waals surface area contributed by atoms with Gasteiger partial charge in [0.15, 0.2) is 0 Å². The number of hydrogen-bond donors (Lipinski definition) is 0. The third-order valence-electron chi connectivity index (χ3n) is 3.05. The second kappa shape index (κ2) is 5.53. The molecule has 1 aliphatic rings. The zero-order chi connectivity index (χ0) is 13.0. The molecule has 1 aromatic rings. The Hall–Kier alpha value is -2.04. The summed E-state index contributed by atoms with van der Waals surface area (Å²) in [5.41, 5.74) is 1.13. The molecule has 0 aromatic heterocycles. The van der Waals surface area contributed by atoms with E-state index in [-0.39, 0.29) is 5.91 Å². The number of aliphatic carboxylic acids is 1. The van der Waals surface area contributed by atoms with Crippen molar-refractivity contribution in [1.29, 1.82) is 0 Å².